The summed E-state index contributed by atoms with van der Waals surface area (Å²) in [5.74, 6) is -0.811. The molecular weight excluding hydrogens is 236 g/mol. The molecule has 2 rings (SSSR count). The van der Waals surface area contributed by atoms with E-state index in [0.29, 0.717) is 13.2 Å². The molecule has 2 heterocycles. The number of carbonyl (C=O) groups is 1. The average Bonchev–Trinajstić information content (AvgIpc) is 2.37. The number of pyridine rings is 1. The van der Waals surface area contributed by atoms with E-state index in [1.54, 1.807) is 12.1 Å². The van der Waals surface area contributed by atoms with Crippen molar-refractivity contribution in [2.75, 3.05) is 33.4 Å². The molecule has 6 heteroatoms. The molecule has 1 aliphatic heterocycles. The fourth-order valence-electron chi connectivity index (χ4n) is 1.82. The predicted octanol–water partition coefficient (Wildman–Crippen LogP) is 0.489. The van der Waals surface area contributed by atoms with Gasteiger partial charge in [-0.25, -0.2) is 9.78 Å². The summed E-state index contributed by atoms with van der Waals surface area (Å²) < 4.78 is 11.0. The van der Waals surface area contributed by atoms with Gasteiger partial charge in [0.2, 0.25) is 0 Å². The van der Waals surface area contributed by atoms with Crippen LogP contribution < -0.4 is 4.74 Å². The smallest absolute Gasteiger partial charge is 0.358 e. The topological polar surface area (TPSA) is 71.9 Å². The van der Waals surface area contributed by atoms with Crippen LogP contribution >= 0.6 is 0 Å². The van der Waals surface area contributed by atoms with Gasteiger partial charge in [0.05, 0.1) is 6.61 Å². The summed E-state index contributed by atoms with van der Waals surface area (Å²) in [6.07, 6.45) is 1.40. The number of likely N-dealkylation sites (N-methyl/N-ethyl adjacent to an activating group) is 1. The number of morpholine rings is 1. The predicted molar refractivity (Wildman–Crippen MR) is 63.9 cm³/mol. The molecule has 0 bridgehead atoms. The van der Waals surface area contributed by atoms with Gasteiger partial charge >= 0.3 is 5.97 Å². The van der Waals surface area contributed by atoms with Gasteiger partial charge in [0, 0.05) is 19.3 Å². The first-order valence-electron chi connectivity index (χ1n) is 5.78. The van der Waals surface area contributed by atoms with Crippen LogP contribution in [-0.4, -0.2) is 60.4 Å². The number of aromatic nitrogens is 1. The SMILES string of the molecule is CN1CCOC(COc2cccnc2C(=O)O)C1. The maximum Gasteiger partial charge on any atom is 0.358 e. The molecule has 0 aliphatic carbocycles. The molecule has 0 amide bonds. The zero-order chi connectivity index (χ0) is 13.0. The third-order valence-corrected chi connectivity index (χ3v) is 2.74. The van der Waals surface area contributed by atoms with Gasteiger partial charge in [-0.3, -0.25) is 0 Å². The normalized spacial score (nSPS) is 20.6. The summed E-state index contributed by atoms with van der Waals surface area (Å²) in [6, 6.07) is 3.25. The van der Waals surface area contributed by atoms with Crippen molar-refractivity contribution in [1.82, 2.24) is 9.88 Å². The molecular formula is C12H16N2O4. The molecule has 1 N–H and O–H groups in total. The fraction of sp³-hybridized carbons (Fsp3) is 0.500. The minimum Gasteiger partial charge on any atom is -0.488 e. The molecule has 0 saturated carbocycles. The third kappa shape index (κ3) is 3.18. The van der Waals surface area contributed by atoms with Crippen LogP contribution in [0.2, 0.25) is 0 Å². The van der Waals surface area contributed by atoms with E-state index in [-0.39, 0.29) is 17.5 Å². The van der Waals surface area contributed by atoms with Crippen LogP contribution in [0.1, 0.15) is 10.5 Å². The number of aromatic carboxylic acids is 1. The highest BCUT2D eigenvalue weighted by Gasteiger charge is 2.20. The molecule has 18 heavy (non-hydrogen) atoms. The first kappa shape index (κ1) is 12.8. The van der Waals surface area contributed by atoms with Crippen LogP contribution in [0.3, 0.4) is 0 Å². The molecule has 1 atom stereocenters. The maximum absolute atomic E-state index is 10.9. The summed E-state index contributed by atoms with van der Waals surface area (Å²) in [6.45, 7) is 2.69. The number of carboxylic acids is 1. The Morgan fingerprint density at radius 3 is 3.28 bits per heavy atom. The zero-order valence-corrected chi connectivity index (χ0v) is 10.2. The van der Waals surface area contributed by atoms with E-state index in [4.69, 9.17) is 14.6 Å². The monoisotopic (exact) mass is 252 g/mol. The Kier molecular flexibility index (Phi) is 4.11. The van der Waals surface area contributed by atoms with Gasteiger partial charge in [0.1, 0.15) is 12.7 Å². The molecule has 0 aromatic carbocycles. The van der Waals surface area contributed by atoms with E-state index in [9.17, 15) is 4.79 Å². The maximum atomic E-state index is 10.9. The minimum atomic E-state index is -1.09. The number of nitrogens with zero attached hydrogens (tertiary/aromatic N) is 2. The Hall–Kier alpha value is -1.66. The Morgan fingerprint density at radius 2 is 2.56 bits per heavy atom. The highest BCUT2D eigenvalue weighted by atomic mass is 16.5. The number of hydrogen-bond acceptors (Lipinski definition) is 5. The highest BCUT2D eigenvalue weighted by Crippen LogP contribution is 2.16. The van der Waals surface area contributed by atoms with E-state index in [1.165, 1.54) is 6.20 Å². The van der Waals surface area contributed by atoms with Crippen molar-refractivity contribution >= 4 is 5.97 Å². The van der Waals surface area contributed by atoms with Gasteiger partial charge in [-0.05, 0) is 19.2 Å². The molecule has 1 aromatic heterocycles. The second-order valence-corrected chi connectivity index (χ2v) is 4.22. The van der Waals surface area contributed by atoms with Crippen LogP contribution in [0.25, 0.3) is 0 Å². The first-order valence-corrected chi connectivity index (χ1v) is 5.78. The summed E-state index contributed by atoms with van der Waals surface area (Å²) in [4.78, 5) is 16.9. The van der Waals surface area contributed by atoms with Crippen molar-refractivity contribution in [3.63, 3.8) is 0 Å². The van der Waals surface area contributed by atoms with Gasteiger partial charge in [-0.15, -0.1) is 0 Å². The van der Waals surface area contributed by atoms with Crippen molar-refractivity contribution in [3.05, 3.63) is 24.0 Å². The van der Waals surface area contributed by atoms with Crippen molar-refractivity contribution < 1.29 is 19.4 Å². The van der Waals surface area contributed by atoms with E-state index >= 15 is 0 Å². The summed E-state index contributed by atoms with van der Waals surface area (Å²) in [7, 11) is 2.02. The van der Waals surface area contributed by atoms with Crippen molar-refractivity contribution in [2.45, 2.75) is 6.10 Å². The van der Waals surface area contributed by atoms with Crippen LogP contribution in [-0.2, 0) is 4.74 Å². The second-order valence-electron chi connectivity index (χ2n) is 4.22. The standard InChI is InChI=1S/C12H16N2O4/c1-14-5-6-17-9(7-14)8-18-10-3-2-4-13-11(10)12(15)16/h2-4,9H,5-8H2,1H3,(H,15,16). The van der Waals surface area contributed by atoms with Crippen LogP contribution in [0.5, 0.6) is 5.75 Å². The minimum absolute atomic E-state index is 0.0365. The van der Waals surface area contributed by atoms with Crippen LogP contribution in [0.4, 0.5) is 0 Å². The Labute approximate surface area is 105 Å². The van der Waals surface area contributed by atoms with E-state index in [2.05, 4.69) is 9.88 Å². The summed E-state index contributed by atoms with van der Waals surface area (Å²) in [5.41, 5.74) is -0.0679. The molecule has 1 aromatic rings. The lowest BCUT2D eigenvalue weighted by Crippen LogP contribution is -2.42. The molecule has 1 fully saturated rings. The van der Waals surface area contributed by atoms with E-state index in [0.717, 1.165) is 13.1 Å². The van der Waals surface area contributed by atoms with E-state index in [1.807, 2.05) is 7.05 Å². The highest BCUT2D eigenvalue weighted by molar-refractivity contribution is 5.88. The fourth-order valence-corrected chi connectivity index (χ4v) is 1.82. The molecule has 1 aliphatic rings. The summed E-state index contributed by atoms with van der Waals surface area (Å²) in [5, 5.41) is 8.96. The molecule has 0 radical (unpaired) electrons. The molecule has 1 saturated heterocycles. The summed E-state index contributed by atoms with van der Waals surface area (Å²) >= 11 is 0. The number of carboxylic acid groups (broad SMARTS) is 1. The lowest BCUT2D eigenvalue weighted by Gasteiger charge is -2.29. The number of rotatable bonds is 4. The van der Waals surface area contributed by atoms with Gasteiger partial charge < -0.3 is 19.5 Å². The number of ether oxygens (including phenoxy) is 2. The average molecular weight is 252 g/mol. The number of hydrogen-bond donors (Lipinski definition) is 1. The van der Waals surface area contributed by atoms with Crippen molar-refractivity contribution in [2.24, 2.45) is 0 Å². The second kappa shape index (κ2) is 5.79. The van der Waals surface area contributed by atoms with Crippen molar-refractivity contribution in [3.8, 4) is 5.75 Å². The lowest BCUT2D eigenvalue weighted by atomic mass is 10.3. The lowest BCUT2D eigenvalue weighted by molar-refractivity contribution is -0.0405. The Morgan fingerprint density at radius 1 is 1.72 bits per heavy atom. The molecule has 1 unspecified atom stereocenters. The van der Waals surface area contributed by atoms with Gasteiger partial charge in [-0.1, -0.05) is 0 Å². The Balaban J connectivity index is 1.95. The van der Waals surface area contributed by atoms with E-state index < -0.39 is 5.97 Å². The van der Waals surface area contributed by atoms with Gasteiger partial charge in [0.25, 0.3) is 0 Å². The quantitative estimate of drug-likeness (QED) is 0.840. The van der Waals surface area contributed by atoms with Crippen LogP contribution in [0.15, 0.2) is 18.3 Å². The first-order chi connectivity index (χ1) is 8.66. The van der Waals surface area contributed by atoms with Gasteiger partial charge in [-0.2, -0.15) is 0 Å². The zero-order valence-electron chi connectivity index (χ0n) is 10.2. The molecule has 6 nitrogen and oxygen atoms in total. The largest absolute Gasteiger partial charge is 0.488 e. The van der Waals surface area contributed by atoms with Crippen LogP contribution in [0, 0.1) is 0 Å². The molecule has 98 valence electrons. The molecule has 0 spiro atoms. The third-order valence-electron chi connectivity index (χ3n) is 2.74. The Bertz CT molecular complexity index is 424. The van der Waals surface area contributed by atoms with Gasteiger partial charge in [0.15, 0.2) is 11.4 Å². The van der Waals surface area contributed by atoms with Crippen molar-refractivity contribution in [1.29, 1.82) is 0 Å².